The van der Waals surface area contributed by atoms with Crippen molar-refractivity contribution in [3.05, 3.63) is 84.7 Å². The third-order valence-electron chi connectivity index (χ3n) is 3.06. The average molecular weight is 354 g/mol. The molecule has 0 nitrogen and oxygen atoms in total. The van der Waals surface area contributed by atoms with E-state index in [0.717, 1.165) is 0 Å². The Bertz CT molecular complexity index is 369. The molecule has 0 spiro atoms. The second kappa shape index (κ2) is 14.0. The third kappa shape index (κ3) is 9.59. The van der Waals surface area contributed by atoms with Gasteiger partial charge in [0.2, 0.25) is 0 Å². The molecule has 0 N–H and O–H groups in total. The van der Waals surface area contributed by atoms with E-state index in [1.807, 2.05) is 62.5 Å². The molecule has 1 heteroatoms. The van der Waals surface area contributed by atoms with Gasteiger partial charge in [-0.3, -0.25) is 0 Å². The number of hydrogen-bond donors (Lipinski definition) is 0. The van der Waals surface area contributed by atoms with Crippen LogP contribution < -0.4 is 0 Å². The molecule has 106 valence electrons. The monoisotopic (exact) mass is 352 g/mol. The van der Waals surface area contributed by atoms with Crippen LogP contribution in [0.5, 0.6) is 0 Å². The minimum Gasteiger partial charge on any atom is -0.376 e. The Hall–Kier alpha value is -0.937. The summed E-state index contributed by atoms with van der Waals surface area (Å²) >= 11 is 0. The van der Waals surface area contributed by atoms with Crippen LogP contribution in [0.2, 0.25) is 0 Å². The summed E-state index contributed by atoms with van der Waals surface area (Å²) in [5, 5.41) is 0. The molecule has 0 unspecified atom stereocenters. The smallest absolute Gasteiger partial charge is 0.376 e. The minimum atomic E-state index is 0. The first-order chi connectivity index (χ1) is 9.88. The Morgan fingerprint density at radius 1 is 0.714 bits per heavy atom. The van der Waals surface area contributed by atoms with Crippen LogP contribution in [0.15, 0.2) is 59.8 Å². The first-order valence-corrected chi connectivity index (χ1v) is 7.11. The topological polar surface area (TPSA) is 0 Å². The molecule has 0 bridgehead atoms. The maximum absolute atomic E-state index is 3.22. The van der Waals surface area contributed by atoms with Gasteiger partial charge in [-0.05, 0) is 0 Å². The molecule has 1 saturated carbocycles. The first-order valence-electron chi connectivity index (χ1n) is 7.11. The van der Waals surface area contributed by atoms with E-state index in [9.17, 15) is 0 Å². The van der Waals surface area contributed by atoms with Gasteiger partial charge < -0.3 is 23.3 Å². The van der Waals surface area contributed by atoms with Gasteiger partial charge in [0.1, 0.15) is 0 Å². The van der Waals surface area contributed by atoms with Gasteiger partial charge in [0.25, 0.3) is 0 Å². The minimum absolute atomic E-state index is 0. The summed E-state index contributed by atoms with van der Waals surface area (Å²) in [5.41, 5.74) is 2.79. The molecule has 1 fully saturated rings. The molecule has 0 atom stereocenters. The van der Waals surface area contributed by atoms with E-state index >= 15 is 0 Å². The predicted octanol–water partition coefficient (Wildman–Crippen LogP) is 5.44. The van der Waals surface area contributed by atoms with Gasteiger partial charge in [-0.2, -0.15) is 37.1 Å². The average Bonchev–Trinajstić information content (AvgIpc) is 3.23. The van der Waals surface area contributed by atoms with Gasteiger partial charge in [-0.25, -0.2) is 24.3 Å². The van der Waals surface area contributed by atoms with Crippen LogP contribution in [0.3, 0.4) is 0 Å². The second-order valence-corrected chi connectivity index (χ2v) is 4.43. The zero-order valence-corrected chi connectivity index (χ0v) is 15.4. The maximum Gasteiger partial charge on any atom is 4.00 e. The molecule has 3 aliphatic carbocycles. The molecule has 0 aromatic rings. The standard InChI is InChI=1S/C10H14.2C5H4.Zr/c1-3-9-7-5-6-8-10(9)4-2;2*1-2-4-5-3-1;/h5-8H2,1-2H3;2*1-4H;/q-2;2*-1;+4. The number of hydrogen-bond acceptors (Lipinski definition) is 0. The summed E-state index contributed by atoms with van der Waals surface area (Å²) < 4.78 is 0. The van der Waals surface area contributed by atoms with Gasteiger partial charge in [0.05, 0.1) is 0 Å². The fourth-order valence-electron chi connectivity index (χ4n) is 2.01. The van der Waals surface area contributed by atoms with Crippen molar-refractivity contribution in [3.8, 4) is 0 Å². The Balaban J connectivity index is 0.000000307. The van der Waals surface area contributed by atoms with Gasteiger partial charge in [0.15, 0.2) is 0 Å². The molecule has 2 radical (unpaired) electrons. The van der Waals surface area contributed by atoms with Crippen LogP contribution in [0.25, 0.3) is 0 Å². The van der Waals surface area contributed by atoms with E-state index in [2.05, 4.69) is 25.0 Å². The van der Waals surface area contributed by atoms with Gasteiger partial charge in [-0.1, -0.05) is 12.8 Å². The molecule has 0 aromatic heterocycles. The second-order valence-electron chi connectivity index (χ2n) is 4.43. The molecule has 0 amide bonds. The van der Waals surface area contributed by atoms with Crippen LogP contribution in [-0.4, -0.2) is 0 Å². The molecule has 0 heterocycles. The van der Waals surface area contributed by atoms with Crippen LogP contribution in [-0.2, 0) is 26.2 Å². The van der Waals surface area contributed by atoms with Crippen molar-refractivity contribution in [1.29, 1.82) is 0 Å². The van der Waals surface area contributed by atoms with Crippen molar-refractivity contribution < 1.29 is 26.2 Å². The molecule has 0 aliphatic heterocycles. The Morgan fingerprint density at radius 3 is 1.24 bits per heavy atom. The normalized spacial score (nSPS) is 20.9. The van der Waals surface area contributed by atoms with Crippen molar-refractivity contribution in [2.45, 2.75) is 39.5 Å². The summed E-state index contributed by atoms with van der Waals surface area (Å²) in [4.78, 5) is 0. The van der Waals surface area contributed by atoms with E-state index in [1.165, 1.54) is 36.8 Å². The first kappa shape index (κ1) is 20.1. The van der Waals surface area contributed by atoms with E-state index in [-0.39, 0.29) is 26.2 Å². The SMILES string of the molecule is C[C-]=C1CCCCC1=[C-]C.[C-]1C=CC=C1.[C-]1C=CC=C1.[Zr+4]. The van der Waals surface area contributed by atoms with Crippen molar-refractivity contribution in [3.63, 3.8) is 0 Å². The number of allylic oxidation sites excluding steroid dienone is 12. The van der Waals surface area contributed by atoms with Crippen molar-refractivity contribution in [2.75, 3.05) is 0 Å². The molecule has 0 saturated heterocycles. The largest absolute Gasteiger partial charge is 4.00 e. The Labute approximate surface area is 150 Å². The van der Waals surface area contributed by atoms with E-state index in [4.69, 9.17) is 0 Å². The molecule has 3 rings (SSSR count). The third-order valence-corrected chi connectivity index (χ3v) is 3.06. The van der Waals surface area contributed by atoms with Crippen molar-refractivity contribution in [1.82, 2.24) is 0 Å². The Kier molecular flexibility index (Phi) is 13.4. The number of rotatable bonds is 0. The van der Waals surface area contributed by atoms with Crippen molar-refractivity contribution >= 4 is 0 Å². The van der Waals surface area contributed by atoms with Crippen LogP contribution >= 0.6 is 0 Å². The predicted molar refractivity (Wildman–Crippen MR) is 86.4 cm³/mol. The summed E-state index contributed by atoms with van der Waals surface area (Å²) in [6, 6.07) is 0. The van der Waals surface area contributed by atoms with E-state index < -0.39 is 0 Å². The van der Waals surface area contributed by atoms with Crippen LogP contribution in [0.1, 0.15) is 39.5 Å². The van der Waals surface area contributed by atoms with Crippen molar-refractivity contribution in [2.24, 2.45) is 0 Å². The zero-order chi connectivity index (χ0) is 14.5. The van der Waals surface area contributed by atoms with Crippen LogP contribution in [0, 0.1) is 25.0 Å². The van der Waals surface area contributed by atoms with E-state index in [1.54, 1.807) is 0 Å². The van der Waals surface area contributed by atoms with E-state index in [0.29, 0.717) is 0 Å². The summed E-state index contributed by atoms with van der Waals surface area (Å²) in [6.07, 6.45) is 32.5. The van der Waals surface area contributed by atoms with Gasteiger partial charge >= 0.3 is 26.2 Å². The molecule has 0 aromatic carbocycles. The molecule has 3 aliphatic rings. The quantitative estimate of drug-likeness (QED) is 0.508. The van der Waals surface area contributed by atoms with Crippen LogP contribution in [0.4, 0.5) is 0 Å². The Morgan fingerprint density at radius 2 is 1.05 bits per heavy atom. The summed E-state index contributed by atoms with van der Waals surface area (Å²) in [6.45, 7) is 4.00. The summed E-state index contributed by atoms with van der Waals surface area (Å²) in [5.74, 6) is 0. The molecular formula is C20H22Zr. The fraction of sp³-hybridized carbons (Fsp3) is 0.300. The summed E-state index contributed by atoms with van der Waals surface area (Å²) in [7, 11) is 0. The molecule has 21 heavy (non-hydrogen) atoms. The fourth-order valence-corrected chi connectivity index (χ4v) is 2.01. The molecular weight excluding hydrogens is 331 g/mol. The maximum atomic E-state index is 3.22. The zero-order valence-electron chi connectivity index (χ0n) is 12.9. The van der Waals surface area contributed by atoms with Gasteiger partial charge in [0, 0.05) is 0 Å². The van der Waals surface area contributed by atoms with Gasteiger partial charge in [-0.15, -0.1) is 26.7 Å².